The van der Waals surface area contributed by atoms with Crippen molar-refractivity contribution >= 4 is 29.7 Å². The summed E-state index contributed by atoms with van der Waals surface area (Å²) in [7, 11) is 0. The maximum Gasteiger partial charge on any atom is 0.310 e. The van der Waals surface area contributed by atoms with Crippen LogP contribution in [0.2, 0.25) is 0 Å². The summed E-state index contributed by atoms with van der Waals surface area (Å²) in [5, 5.41) is 0. The van der Waals surface area contributed by atoms with Crippen LogP contribution in [-0.2, 0) is 9.53 Å². The third kappa shape index (κ3) is 4.96. The van der Waals surface area contributed by atoms with Crippen LogP contribution < -0.4 is 0 Å². The van der Waals surface area contributed by atoms with Gasteiger partial charge in [-0.05, 0) is 34.4 Å². The SMILES string of the molecule is O=C(/C=C/c1ccccc1/C=C/[C@H]1OC(=O)[C@@H]2[C@H]1c1ccccc1[C@@H]2CC(=O)c1ccccc1)c1ccccc1. The van der Waals surface area contributed by atoms with E-state index >= 15 is 0 Å². The molecule has 1 heterocycles. The predicted molar refractivity (Wildman–Crippen MR) is 156 cm³/mol. The van der Waals surface area contributed by atoms with Crippen molar-refractivity contribution in [2.75, 3.05) is 0 Å². The Labute approximate surface area is 233 Å². The molecule has 4 nitrogen and oxygen atoms in total. The Bertz CT molecular complexity index is 1620. The van der Waals surface area contributed by atoms with E-state index in [0.717, 1.165) is 22.3 Å². The van der Waals surface area contributed by atoms with E-state index < -0.39 is 12.0 Å². The van der Waals surface area contributed by atoms with Gasteiger partial charge < -0.3 is 4.74 Å². The fraction of sp³-hybridized carbons (Fsp3) is 0.139. The fourth-order valence-corrected chi connectivity index (χ4v) is 5.98. The van der Waals surface area contributed by atoms with Gasteiger partial charge in [-0.3, -0.25) is 14.4 Å². The first kappa shape index (κ1) is 25.4. The summed E-state index contributed by atoms with van der Waals surface area (Å²) in [6.45, 7) is 0. The fourth-order valence-electron chi connectivity index (χ4n) is 5.98. The van der Waals surface area contributed by atoms with Crippen LogP contribution in [-0.4, -0.2) is 23.6 Å². The molecule has 4 aromatic rings. The average molecular weight is 525 g/mol. The van der Waals surface area contributed by atoms with Gasteiger partial charge in [0.05, 0.1) is 5.92 Å². The number of carbonyl (C=O) groups is 3. The molecule has 1 aliphatic heterocycles. The minimum Gasteiger partial charge on any atom is -0.457 e. The summed E-state index contributed by atoms with van der Waals surface area (Å²) in [5.74, 6) is -1.08. The van der Waals surface area contributed by atoms with E-state index in [9.17, 15) is 14.4 Å². The minimum atomic E-state index is -0.446. The minimum absolute atomic E-state index is 0.0265. The van der Waals surface area contributed by atoms with Crippen molar-refractivity contribution in [3.05, 3.63) is 155 Å². The van der Waals surface area contributed by atoms with Crippen LogP contribution >= 0.6 is 0 Å². The van der Waals surface area contributed by atoms with Crippen LogP contribution in [0.15, 0.2) is 121 Å². The molecule has 1 aliphatic carbocycles. The molecule has 0 aromatic heterocycles. The molecular formula is C36H28O4. The number of carbonyl (C=O) groups excluding carboxylic acids is 3. The van der Waals surface area contributed by atoms with Crippen molar-refractivity contribution in [2.24, 2.45) is 5.92 Å². The van der Waals surface area contributed by atoms with E-state index in [-0.39, 0.29) is 35.8 Å². The van der Waals surface area contributed by atoms with Crippen molar-refractivity contribution in [2.45, 2.75) is 24.4 Å². The van der Waals surface area contributed by atoms with Crippen LogP contribution in [0.25, 0.3) is 12.2 Å². The van der Waals surface area contributed by atoms with Crippen LogP contribution in [0.1, 0.15) is 61.2 Å². The Hall–Kier alpha value is -4.83. The maximum atomic E-state index is 13.2. The summed E-state index contributed by atoms with van der Waals surface area (Å²) in [4.78, 5) is 39.0. The second-order valence-electron chi connectivity index (χ2n) is 10.2. The number of benzene rings is 4. The Kier molecular flexibility index (Phi) is 7.07. The Morgan fingerprint density at radius 3 is 1.93 bits per heavy atom. The van der Waals surface area contributed by atoms with Gasteiger partial charge >= 0.3 is 5.97 Å². The highest BCUT2D eigenvalue weighted by Gasteiger charge is 2.54. The number of Topliss-reactive ketones (excluding diaryl/α,β-unsaturated/α-hetero) is 1. The monoisotopic (exact) mass is 524 g/mol. The topological polar surface area (TPSA) is 60.4 Å². The van der Waals surface area contributed by atoms with Crippen LogP contribution in [0, 0.1) is 5.92 Å². The molecule has 1 saturated heterocycles. The normalized spacial score (nSPS) is 21.4. The zero-order valence-corrected chi connectivity index (χ0v) is 21.9. The molecule has 0 radical (unpaired) electrons. The molecule has 0 amide bonds. The molecule has 40 heavy (non-hydrogen) atoms. The standard InChI is InChI=1S/C36H28O4/c37-31(26-13-3-1-4-14-26)21-19-24-11-7-8-12-25(24)20-22-33-34-29-18-10-9-17-28(29)30(35(34)36(39)40-33)23-32(38)27-15-5-2-6-16-27/h1-22,30,33-35H,23H2/b21-19+,22-20+/t30-,33+,34-,35-/m0/s1. The summed E-state index contributed by atoms with van der Waals surface area (Å²) in [6, 6.07) is 34.2. The molecule has 0 saturated carbocycles. The second kappa shape index (κ2) is 11.1. The number of cyclic esters (lactones) is 1. The zero-order valence-electron chi connectivity index (χ0n) is 21.9. The van der Waals surface area contributed by atoms with E-state index in [1.54, 1.807) is 18.2 Å². The lowest BCUT2D eigenvalue weighted by Gasteiger charge is -2.16. The molecule has 4 atom stereocenters. The van der Waals surface area contributed by atoms with Crippen LogP contribution in [0.5, 0.6) is 0 Å². The largest absolute Gasteiger partial charge is 0.457 e. The van der Waals surface area contributed by atoms with Gasteiger partial charge in [0.2, 0.25) is 0 Å². The van der Waals surface area contributed by atoms with Crippen LogP contribution in [0.4, 0.5) is 0 Å². The van der Waals surface area contributed by atoms with Gasteiger partial charge in [-0.1, -0.05) is 121 Å². The predicted octanol–water partition coefficient (Wildman–Crippen LogP) is 7.29. The number of ether oxygens (including phenoxy) is 1. The van der Waals surface area contributed by atoms with E-state index in [4.69, 9.17) is 4.74 Å². The van der Waals surface area contributed by atoms with Crippen molar-refractivity contribution in [1.82, 2.24) is 0 Å². The Morgan fingerprint density at radius 2 is 1.23 bits per heavy atom. The third-order valence-electron chi connectivity index (χ3n) is 7.89. The van der Waals surface area contributed by atoms with E-state index in [0.29, 0.717) is 11.1 Å². The highest BCUT2D eigenvalue weighted by Crippen LogP contribution is 2.54. The van der Waals surface area contributed by atoms with E-state index in [1.807, 2.05) is 109 Å². The number of fused-ring (bicyclic) bond motifs is 3. The number of rotatable bonds is 8. The van der Waals surface area contributed by atoms with Gasteiger partial charge in [0.1, 0.15) is 6.10 Å². The lowest BCUT2D eigenvalue weighted by Crippen LogP contribution is -2.19. The lowest BCUT2D eigenvalue weighted by atomic mass is 9.82. The number of hydrogen-bond donors (Lipinski definition) is 0. The smallest absolute Gasteiger partial charge is 0.310 e. The van der Waals surface area contributed by atoms with Gasteiger partial charge in [0.15, 0.2) is 11.6 Å². The number of esters is 1. The Morgan fingerprint density at radius 1 is 0.650 bits per heavy atom. The van der Waals surface area contributed by atoms with Crippen molar-refractivity contribution in [3.63, 3.8) is 0 Å². The van der Waals surface area contributed by atoms with E-state index in [1.165, 1.54) is 0 Å². The molecule has 0 N–H and O–H groups in total. The molecule has 4 heteroatoms. The molecule has 196 valence electrons. The second-order valence-corrected chi connectivity index (χ2v) is 10.2. The average Bonchev–Trinajstić information content (AvgIpc) is 3.51. The zero-order chi connectivity index (χ0) is 27.5. The van der Waals surface area contributed by atoms with Gasteiger partial charge in [0.25, 0.3) is 0 Å². The molecule has 0 unspecified atom stereocenters. The molecular weight excluding hydrogens is 496 g/mol. The number of allylic oxidation sites excluding steroid dienone is 1. The van der Waals surface area contributed by atoms with Gasteiger partial charge in [-0.15, -0.1) is 0 Å². The summed E-state index contributed by atoms with van der Waals surface area (Å²) in [5.41, 5.74) is 5.22. The maximum absolute atomic E-state index is 13.2. The van der Waals surface area contributed by atoms with Gasteiger partial charge in [0, 0.05) is 29.4 Å². The summed E-state index contributed by atoms with van der Waals surface area (Å²) < 4.78 is 5.91. The molecule has 4 aromatic carbocycles. The van der Waals surface area contributed by atoms with Crippen molar-refractivity contribution < 1.29 is 19.1 Å². The number of ketones is 2. The summed E-state index contributed by atoms with van der Waals surface area (Å²) >= 11 is 0. The molecule has 0 spiro atoms. The quantitative estimate of drug-likeness (QED) is 0.138. The Balaban J connectivity index is 1.25. The first-order valence-electron chi connectivity index (χ1n) is 13.5. The first-order chi connectivity index (χ1) is 19.6. The van der Waals surface area contributed by atoms with E-state index in [2.05, 4.69) is 6.07 Å². The summed E-state index contributed by atoms with van der Waals surface area (Å²) in [6.07, 6.45) is 7.10. The number of hydrogen-bond acceptors (Lipinski definition) is 4. The highest BCUT2D eigenvalue weighted by molar-refractivity contribution is 6.07. The van der Waals surface area contributed by atoms with Crippen molar-refractivity contribution in [3.8, 4) is 0 Å². The first-order valence-corrected chi connectivity index (χ1v) is 13.5. The van der Waals surface area contributed by atoms with Gasteiger partial charge in [-0.25, -0.2) is 0 Å². The van der Waals surface area contributed by atoms with Gasteiger partial charge in [-0.2, -0.15) is 0 Å². The highest BCUT2D eigenvalue weighted by atomic mass is 16.6. The molecule has 1 fully saturated rings. The molecule has 2 aliphatic rings. The third-order valence-corrected chi connectivity index (χ3v) is 7.89. The van der Waals surface area contributed by atoms with Crippen molar-refractivity contribution in [1.29, 1.82) is 0 Å². The lowest BCUT2D eigenvalue weighted by molar-refractivity contribution is -0.143. The molecule has 0 bridgehead atoms. The van der Waals surface area contributed by atoms with Crippen LogP contribution in [0.3, 0.4) is 0 Å². The molecule has 6 rings (SSSR count).